The minimum absolute atomic E-state index is 0.798. The SMILES string of the molecule is CCCCOc1ccc2cc(S)ccc2c1. The van der Waals surface area contributed by atoms with E-state index in [4.69, 9.17) is 4.74 Å². The molecule has 0 unspecified atom stereocenters. The van der Waals surface area contributed by atoms with Gasteiger partial charge in [0.05, 0.1) is 6.61 Å². The summed E-state index contributed by atoms with van der Waals surface area (Å²) in [6.07, 6.45) is 2.27. The van der Waals surface area contributed by atoms with Crippen molar-refractivity contribution in [1.82, 2.24) is 0 Å². The van der Waals surface area contributed by atoms with Gasteiger partial charge in [-0.05, 0) is 41.5 Å². The number of ether oxygens (including phenoxy) is 1. The number of rotatable bonds is 4. The van der Waals surface area contributed by atoms with Crippen LogP contribution in [0.5, 0.6) is 5.75 Å². The average molecular weight is 232 g/mol. The third kappa shape index (κ3) is 2.70. The van der Waals surface area contributed by atoms with Crippen LogP contribution in [-0.4, -0.2) is 6.61 Å². The quantitative estimate of drug-likeness (QED) is 0.610. The third-order valence-electron chi connectivity index (χ3n) is 2.56. The monoisotopic (exact) mass is 232 g/mol. The predicted octanol–water partition coefficient (Wildman–Crippen LogP) is 4.31. The first-order chi connectivity index (χ1) is 7.79. The summed E-state index contributed by atoms with van der Waals surface area (Å²) in [7, 11) is 0. The summed E-state index contributed by atoms with van der Waals surface area (Å²) in [5.74, 6) is 0.952. The maximum Gasteiger partial charge on any atom is 0.119 e. The Bertz CT molecular complexity index is 479. The van der Waals surface area contributed by atoms with Crippen molar-refractivity contribution in [2.75, 3.05) is 6.61 Å². The van der Waals surface area contributed by atoms with Crippen molar-refractivity contribution in [2.45, 2.75) is 24.7 Å². The molecule has 0 saturated heterocycles. The molecule has 0 aliphatic rings. The first kappa shape index (κ1) is 11.3. The highest BCUT2D eigenvalue weighted by molar-refractivity contribution is 7.80. The molecule has 0 fully saturated rings. The number of fused-ring (bicyclic) bond motifs is 1. The fourth-order valence-electron chi connectivity index (χ4n) is 1.64. The van der Waals surface area contributed by atoms with E-state index in [1.807, 2.05) is 12.1 Å². The highest BCUT2D eigenvalue weighted by Gasteiger charge is 1.97. The van der Waals surface area contributed by atoms with E-state index in [2.05, 4.69) is 43.8 Å². The molecule has 0 bridgehead atoms. The van der Waals surface area contributed by atoms with Crippen LogP contribution in [0.25, 0.3) is 10.8 Å². The van der Waals surface area contributed by atoms with E-state index in [0.717, 1.165) is 30.1 Å². The van der Waals surface area contributed by atoms with Crippen molar-refractivity contribution in [1.29, 1.82) is 0 Å². The molecule has 84 valence electrons. The Kier molecular flexibility index (Phi) is 3.73. The summed E-state index contributed by atoms with van der Waals surface area (Å²) in [6.45, 7) is 2.96. The summed E-state index contributed by atoms with van der Waals surface area (Å²) in [5.41, 5.74) is 0. The molecule has 0 aromatic heterocycles. The van der Waals surface area contributed by atoms with Crippen LogP contribution in [0.1, 0.15) is 19.8 Å². The van der Waals surface area contributed by atoms with Gasteiger partial charge in [-0.1, -0.05) is 25.5 Å². The van der Waals surface area contributed by atoms with Gasteiger partial charge in [0.2, 0.25) is 0 Å². The molecular formula is C14H16OS. The maximum atomic E-state index is 5.67. The summed E-state index contributed by atoms with van der Waals surface area (Å²) in [5, 5.41) is 2.40. The van der Waals surface area contributed by atoms with Gasteiger partial charge in [0.1, 0.15) is 5.75 Å². The van der Waals surface area contributed by atoms with Crippen LogP contribution in [0.3, 0.4) is 0 Å². The molecule has 16 heavy (non-hydrogen) atoms. The lowest BCUT2D eigenvalue weighted by atomic mass is 10.1. The molecule has 0 N–H and O–H groups in total. The molecule has 0 aliphatic heterocycles. The van der Waals surface area contributed by atoms with E-state index in [9.17, 15) is 0 Å². The van der Waals surface area contributed by atoms with Gasteiger partial charge in [-0.2, -0.15) is 0 Å². The number of hydrogen-bond donors (Lipinski definition) is 1. The number of hydrogen-bond acceptors (Lipinski definition) is 2. The van der Waals surface area contributed by atoms with Crippen molar-refractivity contribution in [3.05, 3.63) is 36.4 Å². The highest BCUT2D eigenvalue weighted by atomic mass is 32.1. The zero-order valence-electron chi connectivity index (χ0n) is 9.44. The van der Waals surface area contributed by atoms with Gasteiger partial charge in [0.15, 0.2) is 0 Å². The zero-order valence-corrected chi connectivity index (χ0v) is 10.3. The summed E-state index contributed by atoms with van der Waals surface area (Å²) >= 11 is 4.32. The van der Waals surface area contributed by atoms with Crippen molar-refractivity contribution in [3.8, 4) is 5.75 Å². The fourth-order valence-corrected chi connectivity index (χ4v) is 1.85. The second-order valence-corrected chi connectivity index (χ2v) is 4.41. The Morgan fingerprint density at radius 1 is 1.06 bits per heavy atom. The average Bonchev–Trinajstić information content (AvgIpc) is 2.29. The van der Waals surface area contributed by atoms with Gasteiger partial charge in [-0.25, -0.2) is 0 Å². The van der Waals surface area contributed by atoms with Gasteiger partial charge in [-0.3, -0.25) is 0 Å². The van der Waals surface area contributed by atoms with Crippen molar-refractivity contribution >= 4 is 23.4 Å². The van der Waals surface area contributed by atoms with E-state index >= 15 is 0 Å². The number of unbranched alkanes of at least 4 members (excludes halogenated alkanes) is 1. The van der Waals surface area contributed by atoms with E-state index in [0.29, 0.717) is 0 Å². The van der Waals surface area contributed by atoms with Crippen LogP contribution >= 0.6 is 12.6 Å². The Morgan fingerprint density at radius 2 is 1.81 bits per heavy atom. The molecule has 2 aromatic rings. The lowest BCUT2D eigenvalue weighted by Gasteiger charge is -2.06. The molecule has 2 heteroatoms. The minimum Gasteiger partial charge on any atom is -0.494 e. The molecule has 0 aliphatic carbocycles. The van der Waals surface area contributed by atoms with E-state index in [1.165, 1.54) is 10.8 Å². The Hall–Kier alpha value is -1.15. The molecule has 0 heterocycles. The second-order valence-electron chi connectivity index (χ2n) is 3.90. The highest BCUT2D eigenvalue weighted by Crippen LogP contribution is 2.23. The smallest absolute Gasteiger partial charge is 0.119 e. The van der Waals surface area contributed by atoms with Gasteiger partial charge >= 0.3 is 0 Å². The van der Waals surface area contributed by atoms with E-state index in [-0.39, 0.29) is 0 Å². The first-order valence-electron chi connectivity index (χ1n) is 5.65. The summed E-state index contributed by atoms with van der Waals surface area (Å²) < 4.78 is 5.67. The second kappa shape index (κ2) is 5.26. The van der Waals surface area contributed by atoms with Crippen LogP contribution < -0.4 is 4.74 Å². The maximum absolute atomic E-state index is 5.67. The lowest BCUT2D eigenvalue weighted by molar-refractivity contribution is 0.310. The minimum atomic E-state index is 0.798. The molecule has 0 atom stereocenters. The number of thiol groups is 1. The van der Waals surface area contributed by atoms with Gasteiger partial charge in [-0.15, -0.1) is 12.6 Å². The molecule has 0 spiro atoms. The largest absolute Gasteiger partial charge is 0.494 e. The normalized spacial score (nSPS) is 10.6. The Morgan fingerprint density at radius 3 is 2.62 bits per heavy atom. The molecule has 0 amide bonds. The Labute approximate surface area is 102 Å². The molecule has 1 nitrogen and oxygen atoms in total. The van der Waals surface area contributed by atoms with Crippen LogP contribution in [0, 0.1) is 0 Å². The summed E-state index contributed by atoms with van der Waals surface area (Å²) in [6, 6.07) is 12.3. The summed E-state index contributed by atoms with van der Waals surface area (Å²) in [4.78, 5) is 0.993. The third-order valence-corrected chi connectivity index (χ3v) is 2.84. The van der Waals surface area contributed by atoms with Crippen molar-refractivity contribution in [3.63, 3.8) is 0 Å². The molecule has 0 saturated carbocycles. The van der Waals surface area contributed by atoms with Crippen molar-refractivity contribution < 1.29 is 4.74 Å². The molecule has 2 aromatic carbocycles. The molecule has 2 rings (SSSR count). The Balaban J connectivity index is 2.20. The predicted molar refractivity (Wildman–Crippen MR) is 71.6 cm³/mol. The molecular weight excluding hydrogens is 216 g/mol. The topological polar surface area (TPSA) is 9.23 Å². The van der Waals surface area contributed by atoms with Crippen LogP contribution in [0.2, 0.25) is 0 Å². The van der Waals surface area contributed by atoms with Gasteiger partial charge < -0.3 is 4.74 Å². The van der Waals surface area contributed by atoms with Gasteiger partial charge in [0.25, 0.3) is 0 Å². The molecule has 0 radical (unpaired) electrons. The first-order valence-corrected chi connectivity index (χ1v) is 6.10. The van der Waals surface area contributed by atoms with E-state index in [1.54, 1.807) is 0 Å². The van der Waals surface area contributed by atoms with Gasteiger partial charge in [0, 0.05) is 4.90 Å². The van der Waals surface area contributed by atoms with Crippen LogP contribution in [0.15, 0.2) is 41.3 Å². The lowest BCUT2D eigenvalue weighted by Crippen LogP contribution is -1.95. The van der Waals surface area contributed by atoms with Crippen LogP contribution in [0.4, 0.5) is 0 Å². The number of benzene rings is 2. The van der Waals surface area contributed by atoms with E-state index < -0.39 is 0 Å². The van der Waals surface area contributed by atoms with Crippen LogP contribution in [-0.2, 0) is 0 Å². The zero-order chi connectivity index (χ0) is 11.4. The standard InChI is InChI=1S/C14H16OS/c1-2-3-8-15-13-6-4-12-10-14(16)7-5-11(12)9-13/h4-7,9-10,16H,2-3,8H2,1H3. The van der Waals surface area contributed by atoms with Crippen molar-refractivity contribution in [2.24, 2.45) is 0 Å². The fraction of sp³-hybridized carbons (Fsp3) is 0.286.